The molecule has 0 rings (SSSR count). The van der Waals surface area contributed by atoms with Gasteiger partial charge in [-0.25, -0.2) is 4.57 Å². The molecule has 10 heteroatoms. The standard InChI is InChI=1S/C63H113N2O7P/c1-7-10-13-16-19-22-25-28-30-31-32-33-34-35-36-37-40-43-46-49-52-55-62(66)64-60(59-71-73(68,69)70-58-57-65(4,5)6)61(54-51-48-45-42-39-27-24-21-18-15-12-9-3)72-63(67)56-53-50-47-44-41-38-29-26-23-20-17-14-11-8-2/h10,13,19,22,28,30,32-33,35-36,38,41,51,54,60-61H,7-9,11-12,14-18,20-21,23-27,29,31,34,37,39-40,42-50,52-53,55-59H2,1-6H3,(H-,64,66,68,69)/p+1/b13-10-,22-19-,30-28-,33-32-,36-35-,41-38-,54-51-. The summed E-state index contributed by atoms with van der Waals surface area (Å²) in [6.45, 7) is 6.86. The Hall–Kier alpha value is -2.81. The number of quaternary nitrogens is 1. The molecule has 0 saturated carbocycles. The molecular formula is C63H114N2O7P+. The van der Waals surface area contributed by atoms with Crippen molar-refractivity contribution in [3.63, 3.8) is 0 Å². The molecule has 422 valence electrons. The van der Waals surface area contributed by atoms with Gasteiger partial charge in [-0.3, -0.25) is 18.6 Å². The molecule has 0 heterocycles. The number of carbonyl (C=O) groups is 2. The van der Waals surface area contributed by atoms with E-state index in [9.17, 15) is 19.0 Å². The van der Waals surface area contributed by atoms with E-state index in [1.54, 1.807) is 0 Å². The number of hydrogen-bond acceptors (Lipinski definition) is 6. The van der Waals surface area contributed by atoms with Crippen molar-refractivity contribution in [1.29, 1.82) is 0 Å². The van der Waals surface area contributed by atoms with Crippen molar-refractivity contribution >= 4 is 19.7 Å². The van der Waals surface area contributed by atoms with E-state index in [0.717, 1.165) is 116 Å². The predicted molar refractivity (Wildman–Crippen MR) is 314 cm³/mol. The molecule has 0 spiro atoms. The van der Waals surface area contributed by atoms with Crippen LogP contribution in [0.2, 0.25) is 0 Å². The van der Waals surface area contributed by atoms with Gasteiger partial charge in [-0.05, 0) is 102 Å². The number of rotatable bonds is 53. The first-order valence-corrected chi connectivity index (χ1v) is 31.4. The second-order valence-electron chi connectivity index (χ2n) is 21.1. The minimum Gasteiger partial charge on any atom is -0.456 e. The summed E-state index contributed by atoms with van der Waals surface area (Å²) in [6.07, 6.45) is 68.6. The molecule has 0 aliphatic rings. The number of unbranched alkanes of at least 4 members (excludes halogenated alkanes) is 25. The predicted octanol–water partition coefficient (Wildman–Crippen LogP) is 18.2. The van der Waals surface area contributed by atoms with Crippen LogP contribution in [0.5, 0.6) is 0 Å². The van der Waals surface area contributed by atoms with Gasteiger partial charge in [-0.2, -0.15) is 0 Å². The van der Waals surface area contributed by atoms with Gasteiger partial charge < -0.3 is 19.4 Å². The first-order valence-electron chi connectivity index (χ1n) is 29.9. The minimum atomic E-state index is -4.46. The smallest absolute Gasteiger partial charge is 0.456 e. The van der Waals surface area contributed by atoms with Crippen molar-refractivity contribution in [2.45, 2.75) is 264 Å². The summed E-state index contributed by atoms with van der Waals surface area (Å²) in [5.74, 6) is -0.548. The molecule has 0 aromatic heterocycles. The third kappa shape index (κ3) is 53.8. The molecule has 73 heavy (non-hydrogen) atoms. The molecule has 0 aliphatic carbocycles. The molecule has 0 fully saturated rings. The average Bonchev–Trinajstić information content (AvgIpc) is 3.35. The van der Waals surface area contributed by atoms with E-state index in [-0.39, 0.29) is 31.5 Å². The van der Waals surface area contributed by atoms with E-state index < -0.39 is 20.0 Å². The Morgan fingerprint density at radius 2 is 0.877 bits per heavy atom. The summed E-state index contributed by atoms with van der Waals surface area (Å²) >= 11 is 0. The van der Waals surface area contributed by atoms with E-state index in [4.69, 9.17) is 13.8 Å². The van der Waals surface area contributed by atoms with Crippen LogP contribution in [-0.4, -0.2) is 74.3 Å². The van der Waals surface area contributed by atoms with Crippen molar-refractivity contribution in [3.8, 4) is 0 Å². The van der Waals surface area contributed by atoms with E-state index in [1.165, 1.54) is 96.3 Å². The number of likely N-dealkylation sites (N-methyl/N-ethyl adjacent to an activating group) is 1. The van der Waals surface area contributed by atoms with Gasteiger partial charge in [0.2, 0.25) is 5.91 Å². The highest BCUT2D eigenvalue weighted by atomic mass is 31.2. The lowest BCUT2D eigenvalue weighted by atomic mass is 10.0. The molecule has 3 unspecified atom stereocenters. The quantitative estimate of drug-likeness (QED) is 0.0205. The third-order valence-electron chi connectivity index (χ3n) is 12.8. The fourth-order valence-electron chi connectivity index (χ4n) is 8.20. The van der Waals surface area contributed by atoms with Gasteiger partial charge in [0, 0.05) is 12.8 Å². The van der Waals surface area contributed by atoms with E-state index in [0.29, 0.717) is 23.9 Å². The molecule has 1 amide bonds. The Balaban J connectivity index is 5.34. The molecular weight excluding hydrogens is 928 g/mol. The Morgan fingerprint density at radius 1 is 0.493 bits per heavy atom. The second kappa shape index (κ2) is 52.6. The van der Waals surface area contributed by atoms with Crippen molar-refractivity contribution in [3.05, 3.63) is 85.1 Å². The van der Waals surface area contributed by atoms with Crippen molar-refractivity contribution in [1.82, 2.24) is 5.32 Å². The number of nitrogens with zero attached hydrogens (tertiary/aromatic N) is 1. The van der Waals surface area contributed by atoms with Gasteiger partial charge in [-0.1, -0.05) is 222 Å². The number of carbonyl (C=O) groups excluding carboxylic acids is 2. The molecule has 0 bridgehead atoms. The molecule has 0 aromatic rings. The number of hydrogen-bond donors (Lipinski definition) is 2. The van der Waals surface area contributed by atoms with Crippen LogP contribution in [-0.2, 0) is 27.9 Å². The molecule has 0 aromatic carbocycles. The summed E-state index contributed by atoms with van der Waals surface area (Å²) in [4.78, 5) is 37.6. The number of allylic oxidation sites excluding steroid dienone is 13. The highest BCUT2D eigenvalue weighted by Gasteiger charge is 2.30. The summed E-state index contributed by atoms with van der Waals surface area (Å²) in [5, 5.41) is 3.04. The fraction of sp³-hybridized carbons (Fsp3) is 0.746. The number of nitrogens with one attached hydrogen (secondary N) is 1. The van der Waals surface area contributed by atoms with Crippen LogP contribution < -0.4 is 5.32 Å². The highest BCUT2D eigenvalue weighted by molar-refractivity contribution is 7.47. The Morgan fingerprint density at radius 3 is 1.34 bits per heavy atom. The molecule has 2 N–H and O–H groups in total. The normalized spacial score (nSPS) is 14.3. The number of esters is 1. The maximum atomic E-state index is 13.5. The number of amides is 1. The monoisotopic (exact) mass is 1040 g/mol. The number of phosphoric ester groups is 1. The molecule has 0 radical (unpaired) electrons. The van der Waals surface area contributed by atoms with Gasteiger partial charge >= 0.3 is 13.8 Å². The third-order valence-corrected chi connectivity index (χ3v) is 13.8. The summed E-state index contributed by atoms with van der Waals surface area (Å²) in [6, 6.07) is -0.868. The van der Waals surface area contributed by atoms with Crippen molar-refractivity contribution in [2.75, 3.05) is 40.9 Å². The van der Waals surface area contributed by atoms with Crippen LogP contribution in [0.4, 0.5) is 0 Å². The Bertz CT molecular complexity index is 1530. The number of ether oxygens (including phenoxy) is 1. The van der Waals surface area contributed by atoms with Crippen LogP contribution in [0.1, 0.15) is 252 Å². The van der Waals surface area contributed by atoms with Crippen molar-refractivity contribution in [2.24, 2.45) is 0 Å². The fourth-order valence-corrected chi connectivity index (χ4v) is 8.93. The number of phosphoric acid groups is 1. The van der Waals surface area contributed by atoms with Crippen molar-refractivity contribution < 1.29 is 37.3 Å². The lowest BCUT2D eigenvalue weighted by Gasteiger charge is -2.27. The first kappa shape index (κ1) is 70.2. The van der Waals surface area contributed by atoms with Crippen LogP contribution in [0.15, 0.2) is 85.1 Å². The average molecular weight is 1040 g/mol. The van der Waals surface area contributed by atoms with E-state index in [1.807, 2.05) is 33.3 Å². The molecule has 9 nitrogen and oxygen atoms in total. The van der Waals surface area contributed by atoms with Crippen LogP contribution in [0, 0.1) is 0 Å². The maximum absolute atomic E-state index is 13.5. The molecule has 0 aliphatic heterocycles. The summed E-state index contributed by atoms with van der Waals surface area (Å²) in [7, 11) is 1.47. The molecule has 0 saturated heterocycles. The van der Waals surface area contributed by atoms with Gasteiger partial charge in [0.05, 0.1) is 33.8 Å². The largest absolute Gasteiger partial charge is 0.472 e. The van der Waals surface area contributed by atoms with E-state index in [2.05, 4.69) is 99.0 Å². The van der Waals surface area contributed by atoms with Gasteiger partial charge in [0.1, 0.15) is 19.3 Å². The minimum absolute atomic E-state index is 0.0305. The highest BCUT2D eigenvalue weighted by Crippen LogP contribution is 2.43. The Labute approximate surface area is 450 Å². The van der Waals surface area contributed by atoms with Gasteiger partial charge in [-0.15, -0.1) is 0 Å². The molecule has 3 atom stereocenters. The van der Waals surface area contributed by atoms with Crippen LogP contribution >= 0.6 is 7.82 Å². The summed E-state index contributed by atoms with van der Waals surface area (Å²) < 4.78 is 30.6. The zero-order chi connectivity index (χ0) is 53.6. The second-order valence-corrected chi connectivity index (χ2v) is 22.6. The maximum Gasteiger partial charge on any atom is 0.472 e. The Kier molecular flexibility index (Phi) is 50.6. The zero-order valence-electron chi connectivity index (χ0n) is 48.1. The lowest BCUT2D eigenvalue weighted by Crippen LogP contribution is -2.47. The van der Waals surface area contributed by atoms with Gasteiger partial charge in [0.15, 0.2) is 0 Å². The topological polar surface area (TPSA) is 111 Å². The van der Waals surface area contributed by atoms with E-state index >= 15 is 0 Å². The van der Waals surface area contributed by atoms with Crippen LogP contribution in [0.25, 0.3) is 0 Å². The lowest BCUT2D eigenvalue weighted by molar-refractivity contribution is -0.870. The SMILES string of the molecule is CC/C=C\C/C=C\C/C=C\C/C=C\C/C=C\CCCCCCCC(=O)NC(COP(=O)(O)OCC[N+](C)(C)C)C(/C=C\CCCCCCCCCCCC)OC(=O)CCCCC/C=C\CCCCCCCCC. The van der Waals surface area contributed by atoms with Crippen LogP contribution in [0.3, 0.4) is 0 Å². The van der Waals surface area contributed by atoms with Gasteiger partial charge in [0.25, 0.3) is 0 Å². The zero-order valence-corrected chi connectivity index (χ0v) is 49.0. The first-order chi connectivity index (χ1) is 35.4. The summed E-state index contributed by atoms with van der Waals surface area (Å²) in [5.41, 5.74) is 0.